The van der Waals surface area contributed by atoms with E-state index in [9.17, 15) is 0 Å². The molecule has 1 atom stereocenters. The van der Waals surface area contributed by atoms with Crippen LogP contribution in [0.3, 0.4) is 0 Å². The second kappa shape index (κ2) is 4.61. The number of nitrogens with one attached hydrogen (secondary N) is 1. The van der Waals surface area contributed by atoms with Gasteiger partial charge in [0.05, 0.1) is 0 Å². The largest absolute Gasteiger partial charge is 0.305 e. The number of rotatable bonds is 3. The highest BCUT2D eigenvalue weighted by Crippen LogP contribution is 2.15. The predicted octanol–water partition coefficient (Wildman–Crippen LogP) is 3.39. The van der Waals surface area contributed by atoms with Crippen molar-refractivity contribution in [2.75, 3.05) is 0 Å². The minimum absolute atomic E-state index is 0.192. The van der Waals surface area contributed by atoms with Crippen LogP contribution in [-0.4, -0.2) is 5.71 Å². The van der Waals surface area contributed by atoms with Gasteiger partial charge in [-0.3, -0.25) is 0 Å². The normalized spacial score (nSPS) is 13.1. The maximum Gasteiger partial charge on any atom is 0.0382 e. The van der Waals surface area contributed by atoms with Crippen molar-refractivity contribution in [3.8, 4) is 0 Å². The van der Waals surface area contributed by atoms with Crippen molar-refractivity contribution in [1.29, 1.82) is 5.41 Å². The molecular weight excluding hydrogens is 158 g/mol. The maximum atomic E-state index is 7.75. The van der Waals surface area contributed by atoms with Gasteiger partial charge in [-0.05, 0) is 18.6 Å². The lowest BCUT2D eigenvalue weighted by molar-refractivity contribution is 1.01. The Hall–Kier alpha value is -1.37. The van der Waals surface area contributed by atoms with Gasteiger partial charge in [0, 0.05) is 11.6 Å². The molecule has 1 heteroatoms. The summed E-state index contributed by atoms with van der Waals surface area (Å²) in [5.74, 6) is 0.192. The molecule has 0 radical (unpaired) electrons. The van der Waals surface area contributed by atoms with Gasteiger partial charge in [-0.15, -0.1) is 0 Å². The average Bonchev–Trinajstić information content (AvgIpc) is 2.18. The summed E-state index contributed by atoms with van der Waals surface area (Å²) in [4.78, 5) is 0. The van der Waals surface area contributed by atoms with E-state index in [1.807, 2.05) is 37.3 Å². The fourth-order valence-corrected chi connectivity index (χ4v) is 1.25. The zero-order chi connectivity index (χ0) is 9.68. The third kappa shape index (κ3) is 2.55. The zero-order valence-corrected chi connectivity index (χ0v) is 8.12. The van der Waals surface area contributed by atoms with Crippen LogP contribution in [-0.2, 0) is 0 Å². The Morgan fingerprint density at radius 3 is 2.46 bits per heavy atom. The van der Waals surface area contributed by atoms with E-state index in [1.54, 1.807) is 0 Å². The summed E-state index contributed by atoms with van der Waals surface area (Å²) in [6.45, 7) is 3.99. The summed E-state index contributed by atoms with van der Waals surface area (Å²) < 4.78 is 0. The van der Waals surface area contributed by atoms with E-state index in [-0.39, 0.29) is 5.92 Å². The second-order valence-electron chi connectivity index (χ2n) is 3.09. The Balaban J connectivity index is 2.79. The van der Waals surface area contributed by atoms with Crippen LogP contribution in [0.5, 0.6) is 0 Å². The lowest BCUT2D eigenvalue weighted by Gasteiger charge is -2.09. The van der Waals surface area contributed by atoms with Crippen LogP contribution in [0.25, 0.3) is 0 Å². The molecule has 0 amide bonds. The molecular formula is C12H15N. The number of benzene rings is 1. The molecule has 0 saturated carbocycles. The van der Waals surface area contributed by atoms with Gasteiger partial charge in [-0.2, -0.15) is 0 Å². The van der Waals surface area contributed by atoms with Gasteiger partial charge in [-0.25, -0.2) is 0 Å². The fraction of sp³-hybridized carbons (Fsp3) is 0.250. The SMILES string of the molecule is C/C=C\C(=N)C(C)c1ccccc1. The molecule has 0 aliphatic carbocycles. The van der Waals surface area contributed by atoms with Gasteiger partial charge in [0.25, 0.3) is 0 Å². The van der Waals surface area contributed by atoms with Crippen LogP contribution in [0.2, 0.25) is 0 Å². The highest BCUT2D eigenvalue weighted by Gasteiger charge is 2.07. The Labute approximate surface area is 79.6 Å². The van der Waals surface area contributed by atoms with Gasteiger partial charge >= 0.3 is 0 Å². The van der Waals surface area contributed by atoms with E-state index in [4.69, 9.17) is 5.41 Å². The first-order chi connectivity index (χ1) is 6.25. The van der Waals surface area contributed by atoms with E-state index >= 15 is 0 Å². The molecule has 1 nitrogen and oxygen atoms in total. The molecule has 1 unspecified atom stereocenters. The summed E-state index contributed by atoms with van der Waals surface area (Å²) in [6.07, 6.45) is 3.75. The second-order valence-corrected chi connectivity index (χ2v) is 3.09. The highest BCUT2D eigenvalue weighted by atomic mass is 14.4. The monoisotopic (exact) mass is 173 g/mol. The molecule has 0 aromatic heterocycles. The van der Waals surface area contributed by atoms with Gasteiger partial charge in [-0.1, -0.05) is 43.3 Å². The topological polar surface area (TPSA) is 23.9 Å². The minimum atomic E-state index is 0.192. The van der Waals surface area contributed by atoms with Gasteiger partial charge in [0.1, 0.15) is 0 Å². The lowest BCUT2D eigenvalue weighted by Crippen LogP contribution is -2.04. The first kappa shape index (κ1) is 9.72. The van der Waals surface area contributed by atoms with Gasteiger partial charge in [0.15, 0.2) is 0 Å². The minimum Gasteiger partial charge on any atom is -0.305 e. The van der Waals surface area contributed by atoms with Crippen molar-refractivity contribution >= 4 is 5.71 Å². The Bertz CT molecular complexity index is 298. The molecule has 0 saturated heterocycles. The first-order valence-electron chi connectivity index (χ1n) is 4.51. The molecule has 0 fully saturated rings. The standard InChI is InChI=1S/C12H15N/c1-3-7-12(13)10(2)11-8-5-4-6-9-11/h3-10,13H,1-2H3/b7-3-,13-12?. The third-order valence-electron chi connectivity index (χ3n) is 2.11. The summed E-state index contributed by atoms with van der Waals surface area (Å²) in [6, 6.07) is 10.1. The number of hydrogen-bond donors (Lipinski definition) is 1. The molecule has 0 aliphatic heterocycles. The molecule has 1 rings (SSSR count). The lowest BCUT2D eigenvalue weighted by atomic mass is 9.96. The molecule has 1 N–H and O–H groups in total. The quantitative estimate of drug-likeness (QED) is 0.677. The molecule has 13 heavy (non-hydrogen) atoms. The van der Waals surface area contributed by atoms with Crippen LogP contribution < -0.4 is 0 Å². The fourth-order valence-electron chi connectivity index (χ4n) is 1.25. The Morgan fingerprint density at radius 1 is 1.31 bits per heavy atom. The Morgan fingerprint density at radius 2 is 1.92 bits per heavy atom. The molecule has 0 bridgehead atoms. The van der Waals surface area contributed by atoms with E-state index in [0.29, 0.717) is 5.71 Å². The van der Waals surface area contributed by atoms with Crippen molar-refractivity contribution in [2.45, 2.75) is 19.8 Å². The summed E-state index contributed by atoms with van der Waals surface area (Å²) in [7, 11) is 0. The molecule has 1 aromatic rings. The van der Waals surface area contributed by atoms with Crippen molar-refractivity contribution in [3.05, 3.63) is 48.0 Å². The van der Waals surface area contributed by atoms with Crippen molar-refractivity contribution in [2.24, 2.45) is 0 Å². The van der Waals surface area contributed by atoms with Crippen molar-refractivity contribution < 1.29 is 0 Å². The van der Waals surface area contributed by atoms with Gasteiger partial charge in [0.2, 0.25) is 0 Å². The number of hydrogen-bond acceptors (Lipinski definition) is 1. The summed E-state index contributed by atoms with van der Waals surface area (Å²) in [5.41, 5.74) is 1.86. The average molecular weight is 173 g/mol. The first-order valence-corrected chi connectivity index (χ1v) is 4.51. The van der Waals surface area contributed by atoms with Crippen LogP contribution in [0, 0.1) is 5.41 Å². The van der Waals surface area contributed by atoms with Crippen LogP contribution in [0.1, 0.15) is 25.3 Å². The summed E-state index contributed by atoms with van der Waals surface area (Å²) in [5, 5.41) is 7.75. The molecule has 0 aliphatic rings. The summed E-state index contributed by atoms with van der Waals surface area (Å²) >= 11 is 0. The molecule has 0 spiro atoms. The zero-order valence-electron chi connectivity index (χ0n) is 8.12. The molecule has 68 valence electrons. The predicted molar refractivity (Wildman–Crippen MR) is 57.4 cm³/mol. The third-order valence-corrected chi connectivity index (χ3v) is 2.11. The van der Waals surface area contributed by atoms with E-state index < -0.39 is 0 Å². The van der Waals surface area contributed by atoms with Crippen LogP contribution in [0.15, 0.2) is 42.5 Å². The van der Waals surface area contributed by atoms with Gasteiger partial charge < -0.3 is 5.41 Å². The van der Waals surface area contributed by atoms with E-state index in [1.165, 1.54) is 5.56 Å². The highest BCUT2D eigenvalue weighted by molar-refractivity contribution is 5.97. The smallest absolute Gasteiger partial charge is 0.0382 e. The van der Waals surface area contributed by atoms with E-state index in [2.05, 4.69) is 19.1 Å². The Kier molecular flexibility index (Phi) is 3.44. The van der Waals surface area contributed by atoms with Crippen LogP contribution >= 0.6 is 0 Å². The van der Waals surface area contributed by atoms with E-state index in [0.717, 1.165) is 0 Å². The van der Waals surface area contributed by atoms with Crippen molar-refractivity contribution in [3.63, 3.8) is 0 Å². The van der Waals surface area contributed by atoms with Crippen LogP contribution in [0.4, 0.5) is 0 Å². The number of allylic oxidation sites excluding steroid dienone is 2. The maximum absolute atomic E-state index is 7.75. The molecule has 0 heterocycles. The van der Waals surface area contributed by atoms with Crippen molar-refractivity contribution in [1.82, 2.24) is 0 Å². The molecule has 1 aromatic carbocycles.